The lowest BCUT2D eigenvalue weighted by Gasteiger charge is -2.06. The molecule has 27 heavy (non-hydrogen) atoms. The Labute approximate surface area is 165 Å². The number of nitrogens with one attached hydrogen (secondary N) is 2. The highest BCUT2D eigenvalue weighted by Crippen LogP contribution is 2.21. The van der Waals surface area contributed by atoms with Crippen molar-refractivity contribution in [2.24, 2.45) is 0 Å². The van der Waals surface area contributed by atoms with Crippen molar-refractivity contribution in [2.75, 3.05) is 6.54 Å². The summed E-state index contributed by atoms with van der Waals surface area (Å²) in [6.07, 6.45) is 2.66. The molecule has 0 unspecified atom stereocenters. The first-order chi connectivity index (χ1) is 12.5. The van der Waals surface area contributed by atoms with Gasteiger partial charge in [0.05, 0.1) is 0 Å². The molecule has 0 saturated carbocycles. The number of aryl methyl sites for hydroxylation is 1. The summed E-state index contributed by atoms with van der Waals surface area (Å²) in [6.45, 7) is 5.43. The van der Waals surface area contributed by atoms with E-state index in [0.717, 1.165) is 25.1 Å². The summed E-state index contributed by atoms with van der Waals surface area (Å²) in [5.41, 5.74) is 6.23. The van der Waals surface area contributed by atoms with E-state index in [1.807, 2.05) is 24.3 Å². The minimum atomic E-state index is -0.886. The van der Waals surface area contributed by atoms with Crippen molar-refractivity contribution in [3.63, 3.8) is 0 Å². The molecule has 0 saturated heterocycles. The topological polar surface area (TPSA) is 65.1 Å². The Morgan fingerprint density at radius 2 is 1.85 bits per heavy atom. The Morgan fingerprint density at radius 3 is 2.56 bits per heavy atom. The Kier molecular flexibility index (Phi) is 7.22. The van der Waals surface area contributed by atoms with E-state index < -0.39 is 5.97 Å². The number of aromatic nitrogens is 1. The summed E-state index contributed by atoms with van der Waals surface area (Å²) in [5.74, 6) is -0.886. The number of H-pyrrole nitrogens is 1. The lowest BCUT2D eigenvalue weighted by Crippen LogP contribution is -2.16. The zero-order valence-corrected chi connectivity index (χ0v) is 16.4. The van der Waals surface area contributed by atoms with Gasteiger partial charge >= 0.3 is 5.97 Å². The zero-order chi connectivity index (χ0) is 18.5. The van der Waals surface area contributed by atoms with E-state index in [2.05, 4.69) is 41.5 Å². The Morgan fingerprint density at radius 1 is 1.15 bits per heavy atom. The maximum atomic E-state index is 10.9. The summed E-state index contributed by atoms with van der Waals surface area (Å²) in [4.78, 5) is 14.3. The van der Waals surface area contributed by atoms with E-state index in [4.69, 9.17) is 5.11 Å². The first-order valence-corrected chi connectivity index (χ1v) is 8.82. The Balaban J connectivity index is 0.00000261. The third-order valence-corrected chi connectivity index (χ3v) is 4.61. The molecule has 3 N–H and O–H groups in total. The van der Waals surface area contributed by atoms with Crippen molar-refractivity contribution in [2.45, 2.75) is 26.8 Å². The van der Waals surface area contributed by atoms with Gasteiger partial charge in [-0.05, 0) is 55.6 Å². The number of hydrogen-bond donors (Lipinski definition) is 3. The smallest absolute Gasteiger partial charge is 0.331 e. The van der Waals surface area contributed by atoms with E-state index >= 15 is 0 Å². The molecule has 0 aliphatic rings. The van der Waals surface area contributed by atoms with Crippen LogP contribution >= 0.6 is 12.4 Å². The second-order valence-corrected chi connectivity index (χ2v) is 6.57. The number of carbonyl (C=O) groups is 1. The quantitative estimate of drug-likeness (QED) is 0.408. The van der Waals surface area contributed by atoms with E-state index in [9.17, 15) is 4.79 Å². The Hall–Kier alpha value is -2.56. The van der Waals surface area contributed by atoms with Gasteiger partial charge in [0.2, 0.25) is 0 Å². The van der Waals surface area contributed by atoms with Gasteiger partial charge in [-0.2, -0.15) is 0 Å². The SMILES string of the molecule is C/C(=C\c1ccc(CNCCc2c(C)[nH]c3ccccc23)cc1)C(=O)O.Cl. The fourth-order valence-electron chi connectivity index (χ4n) is 3.15. The molecule has 142 valence electrons. The minimum Gasteiger partial charge on any atom is -0.478 e. The molecule has 1 aromatic heterocycles. The molecule has 3 rings (SSSR count). The molecule has 5 heteroatoms. The van der Waals surface area contributed by atoms with Crippen LogP contribution in [-0.4, -0.2) is 22.6 Å². The van der Waals surface area contributed by atoms with Gasteiger partial charge in [-0.25, -0.2) is 4.79 Å². The van der Waals surface area contributed by atoms with E-state index in [-0.39, 0.29) is 12.4 Å². The number of aromatic amines is 1. The molecule has 0 fully saturated rings. The summed E-state index contributed by atoms with van der Waals surface area (Å²) < 4.78 is 0. The number of aliphatic carboxylic acids is 1. The number of halogens is 1. The van der Waals surface area contributed by atoms with Gasteiger partial charge in [-0.15, -0.1) is 12.4 Å². The molecule has 0 aliphatic heterocycles. The van der Waals surface area contributed by atoms with Gasteiger partial charge in [-0.1, -0.05) is 42.5 Å². The second kappa shape index (κ2) is 9.40. The van der Waals surface area contributed by atoms with Crippen LogP contribution in [0.25, 0.3) is 17.0 Å². The summed E-state index contributed by atoms with van der Waals surface area (Å²) in [5, 5.41) is 13.7. The normalized spacial score (nSPS) is 11.4. The fraction of sp³-hybridized carbons (Fsp3) is 0.227. The number of carboxylic acids is 1. The van der Waals surface area contributed by atoms with Crippen LogP contribution in [0.15, 0.2) is 54.1 Å². The average molecular weight is 385 g/mol. The number of rotatable bonds is 7. The predicted molar refractivity (Wildman–Crippen MR) is 113 cm³/mol. The highest BCUT2D eigenvalue weighted by Gasteiger charge is 2.07. The van der Waals surface area contributed by atoms with Gasteiger partial charge in [-0.3, -0.25) is 0 Å². The van der Waals surface area contributed by atoms with Crippen molar-refractivity contribution in [1.29, 1.82) is 0 Å². The molecule has 0 radical (unpaired) electrons. The van der Waals surface area contributed by atoms with Crippen molar-refractivity contribution in [1.82, 2.24) is 10.3 Å². The van der Waals surface area contributed by atoms with Gasteiger partial charge in [0.25, 0.3) is 0 Å². The highest BCUT2D eigenvalue weighted by atomic mass is 35.5. The van der Waals surface area contributed by atoms with Crippen LogP contribution in [0.4, 0.5) is 0 Å². The minimum absolute atomic E-state index is 0. The second-order valence-electron chi connectivity index (χ2n) is 6.57. The van der Waals surface area contributed by atoms with Crippen LogP contribution in [0.3, 0.4) is 0 Å². The van der Waals surface area contributed by atoms with E-state index in [1.165, 1.54) is 27.7 Å². The molecule has 1 heterocycles. The maximum Gasteiger partial charge on any atom is 0.331 e. The molecule has 0 spiro atoms. The summed E-state index contributed by atoms with van der Waals surface area (Å²) >= 11 is 0. The monoisotopic (exact) mass is 384 g/mol. The van der Waals surface area contributed by atoms with Gasteiger partial charge in [0.1, 0.15) is 0 Å². The van der Waals surface area contributed by atoms with Crippen LogP contribution in [-0.2, 0) is 17.8 Å². The highest BCUT2D eigenvalue weighted by molar-refractivity contribution is 5.91. The predicted octanol–water partition coefficient (Wildman–Crippen LogP) is 4.72. The molecule has 0 bridgehead atoms. The molecule has 0 amide bonds. The summed E-state index contributed by atoms with van der Waals surface area (Å²) in [7, 11) is 0. The van der Waals surface area contributed by atoms with Crippen LogP contribution in [0, 0.1) is 6.92 Å². The van der Waals surface area contributed by atoms with Gasteiger partial charge < -0.3 is 15.4 Å². The standard InChI is InChI=1S/C22H24N2O2.ClH/c1-15(22(25)26)13-17-7-9-18(10-8-17)14-23-12-11-19-16(2)24-21-6-4-3-5-20(19)21;/h3-10,13,23-24H,11-12,14H2,1-2H3,(H,25,26);1H/b15-13+;. The van der Waals surface area contributed by atoms with Crippen LogP contribution in [0.1, 0.15) is 29.3 Å². The van der Waals surface area contributed by atoms with Gasteiger partial charge in [0, 0.05) is 28.7 Å². The van der Waals surface area contributed by atoms with Crippen molar-refractivity contribution in [3.8, 4) is 0 Å². The van der Waals surface area contributed by atoms with Crippen molar-refractivity contribution in [3.05, 3.63) is 76.5 Å². The lowest BCUT2D eigenvalue weighted by molar-refractivity contribution is -0.132. The van der Waals surface area contributed by atoms with E-state index in [1.54, 1.807) is 13.0 Å². The molecular formula is C22H25ClN2O2. The summed E-state index contributed by atoms with van der Waals surface area (Å²) in [6, 6.07) is 16.4. The third-order valence-electron chi connectivity index (χ3n) is 4.61. The number of hydrogen-bond acceptors (Lipinski definition) is 2. The molecule has 0 atom stereocenters. The molecular weight excluding hydrogens is 360 g/mol. The Bertz CT molecular complexity index is 943. The van der Waals surface area contributed by atoms with Crippen molar-refractivity contribution >= 4 is 35.4 Å². The number of para-hydroxylation sites is 1. The van der Waals surface area contributed by atoms with Crippen LogP contribution < -0.4 is 5.32 Å². The number of carboxylic acid groups (broad SMARTS) is 1. The first kappa shape index (κ1) is 20.7. The van der Waals surface area contributed by atoms with Crippen molar-refractivity contribution < 1.29 is 9.90 Å². The average Bonchev–Trinajstić information content (AvgIpc) is 2.95. The number of benzene rings is 2. The number of fused-ring (bicyclic) bond motifs is 1. The third kappa shape index (κ3) is 5.22. The maximum absolute atomic E-state index is 10.9. The first-order valence-electron chi connectivity index (χ1n) is 8.82. The molecule has 4 nitrogen and oxygen atoms in total. The molecule has 3 aromatic rings. The lowest BCUT2D eigenvalue weighted by atomic mass is 10.1. The molecule has 0 aliphatic carbocycles. The zero-order valence-electron chi connectivity index (χ0n) is 15.6. The largest absolute Gasteiger partial charge is 0.478 e. The molecule has 2 aromatic carbocycles. The van der Waals surface area contributed by atoms with E-state index in [0.29, 0.717) is 5.57 Å². The van der Waals surface area contributed by atoms with Crippen LogP contribution in [0.5, 0.6) is 0 Å². The fourth-order valence-corrected chi connectivity index (χ4v) is 3.15. The van der Waals surface area contributed by atoms with Gasteiger partial charge in [0.15, 0.2) is 0 Å². The van der Waals surface area contributed by atoms with Crippen LogP contribution in [0.2, 0.25) is 0 Å².